The quantitative estimate of drug-likeness (QED) is 0.634. The lowest BCUT2D eigenvalue weighted by molar-refractivity contribution is 0.341. The summed E-state index contributed by atoms with van der Waals surface area (Å²) in [5.74, 6) is 0.787. The lowest BCUT2D eigenvalue weighted by Gasteiger charge is -2.16. The third-order valence-electron chi connectivity index (χ3n) is 1.84. The number of hydrogen-bond donors (Lipinski definition) is 1. The Morgan fingerprint density at radius 1 is 1.50 bits per heavy atom. The molecule has 12 heavy (non-hydrogen) atoms. The Bertz CT molecular complexity index is 299. The first kappa shape index (κ1) is 7.54. The largest absolute Gasteiger partial charge is 0.462 e. The smallest absolute Gasteiger partial charge is 0.317 e. The van der Waals surface area contributed by atoms with Crippen molar-refractivity contribution in [3.05, 3.63) is 5.82 Å². The number of aromatic nitrogens is 3. The Balaban J connectivity index is 2.46. The van der Waals surface area contributed by atoms with Gasteiger partial charge in [0.15, 0.2) is 5.82 Å². The van der Waals surface area contributed by atoms with Crippen molar-refractivity contribution in [3.8, 4) is 6.01 Å². The van der Waals surface area contributed by atoms with Crippen molar-refractivity contribution in [2.24, 2.45) is 5.73 Å². The van der Waals surface area contributed by atoms with Gasteiger partial charge < -0.3 is 10.5 Å². The molecule has 1 aliphatic heterocycles. The van der Waals surface area contributed by atoms with E-state index in [1.165, 1.54) is 0 Å². The van der Waals surface area contributed by atoms with Crippen molar-refractivity contribution in [1.82, 2.24) is 14.8 Å². The highest BCUT2D eigenvalue weighted by molar-refractivity contribution is 5.10. The normalized spacial score (nSPS) is 15.9. The summed E-state index contributed by atoms with van der Waals surface area (Å²) in [6.45, 7) is 5.29. The number of hydrogen-bond acceptors (Lipinski definition) is 4. The van der Waals surface area contributed by atoms with Crippen LogP contribution in [0.4, 0.5) is 0 Å². The summed E-state index contributed by atoms with van der Waals surface area (Å²) < 4.78 is 7.12. The molecule has 0 aliphatic carbocycles. The molecule has 66 valence electrons. The van der Waals surface area contributed by atoms with Gasteiger partial charge in [0.2, 0.25) is 0 Å². The molecule has 0 amide bonds. The van der Waals surface area contributed by atoms with Crippen molar-refractivity contribution < 1.29 is 4.74 Å². The molecule has 2 N–H and O–H groups in total. The molecule has 0 bridgehead atoms. The maximum Gasteiger partial charge on any atom is 0.317 e. The molecule has 0 fully saturated rings. The van der Waals surface area contributed by atoms with Gasteiger partial charge in [0.1, 0.15) is 6.61 Å². The van der Waals surface area contributed by atoms with Crippen molar-refractivity contribution in [2.75, 3.05) is 6.61 Å². The van der Waals surface area contributed by atoms with E-state index in [4.69, 9.17) is 10.5 Å². The highest BCUT2D eigenvalue weighted by atomic mass is 16.5. The van der Waals surface area contributed by atoms with Crippen LogP contribution in [0.15, 0.2) is 0 Å². The van der Waals surface area contributed by atoms with Crippen LogP contribution < -0.4 is 10.5 Å². The van der Waals surface area contributed by atoms with Crippen molar-refractivity contribution >= 4 is 0 Å². The van der Waals surface area contributed by atoms with Crippen LogP contribution in [-0.2, 0) is 12.1 Å². The van der Waals surface area contributed by atoms with E-state index in [0.717, 1.165) is 12.4 Å². The topological polar surface area (TPSA) is 66.0 Å². The Labute approximate surface area is 70.5 Å². The van der Waals surface area contributed by atoms with Gasteiger partial charge in [-0.05, 0) is 13.8 Å². The molecule has 1 aromatic heterocycles. The van der Waals surface area contributed by atoms with Gasteiger partial charge in [-0.25, -0.2) is 0 Å². The molecule has 0 spiro atoms. The van der Waals surface area contributed by atoms with Gasteiger partial charge in [0, 0.05) is 0 Å². The lowest BCUT2D eigenvalue weighted by atomic mass is 10.1. The van der Waals surface area contributed by atoms with Crippen LogP contribution in [0.2, 0.25) is 0 Å². The molecule has 0 atom stereocenters. The Kier molecular flexibility index (Phi) is 1.38. The highest BCUT2D eigenvalue weighted by Gasteiger charge is 2.27. The first-order chi connectivity index (χ1) is 5.59. The monoisotopic (exact) mass is 168 g/mol. The van der Waals surface area contributed by atoms with E-state index in [1.807, 2.05) is 18.4 Å². The molecular weight excluding hydrogens is 156 g/mol. The van der Waals surface area contributed by atoms with Crippen molar-refractivity contribution in [3.63, 3.8) is 0 Å². The molecule has 0 aromatic carbocycles. The van der Waals surface area contributed by atoms with Crippen LogP contribution in [0.3, 0.4) is 0 Å². The Morgan fingerprint density at radius 2 is 2.25 bits per heavy atom. The molecule has 0 saturated carbocycles. The zero-order chi connectivity index (χ0) is 8.77. The fraction of sp³-hybridized carbons (Fsp3) is 0.714. The van der Waals surface area contributed by atoms with Gasteiger partial charge in [0.05, 0.1) is 12.1 Å². The van der Waals surface area contributed by atoms with E-state index < -0.39 is 5.54 Å². The third kappa shape index (κ3) is 0.972. The molecule has 1 aliphatic rings. The Morgan fingerprint density at radius 3 is 2.92 bits per heavy atom. The van der Waals surface area contributed by atoms with Crippen molar-refractivity contribution in [2.45, 2.75) is 25.9 Å². The van der Waals surface area contributed by atoms with Crippen LogP contribution in [-0.4, -0.2) is 21.4 Å². The molecule has 5 nitrogen and oxygen atoms in total. The summed E-state index contributed by atoms with van der Waals surface area (Å²) in [7, 11) is 0. The predicted octanol–water partition coefficient (Wildman–Crippen LogP) is -0.136. The van der Waals surface area contributed by atoms with Gasteiger partial charge in [-0.15, -0.1) is 5.10 Å². The molecule has 0 unspecified atom stereocenters. The second kappa shape index (κ2) is 2.20. The minimum Gasteiger partial charge on any atom is -0.462 e. The van der Waals surface area contributed by atoms with Gasteiger partial charge in [-0.1, -0.05) is 5.10 Å². The molecule has 1 aromatic rings. The van der Waals surface area contributed by atoms with Gasteiger partial charge in [0.25, 0.3) is 0 Å². The summed E-state index contributed by atoms with van der Waals surface area (Å²) in [5, 5.41) is 7.85. The van der Waals surface area contributed by atoms with E-state index in [9.17, 15) is 0 Å². The molecule has 5 heteroatoms. The van der Waals surface area contributed by atoms with E-state index in [1.54, 1.807) is 0 Å². The minimum absolute atomic E-state index is 0.445. The molecular formula is C7H12N4O. The van der Waals surface area contributed by atoms with Gasteiger partial charge in [-0.2, -0.15) is 0 Å². The molecule has 2 rings (SSSR count). The predicted molar refractivity (Wildman–Crippen MR) is 42.7 cm³/mol. The first-order valence-corrected chi connectivity index (χ1v) is 3.94. The average molecular weight is 168 g/mol. The lowest BCUT2D eigenvalue weighted by Crippen LogP contribution is -2.32. The number of rotatable bonds is 1. The third-order valence-corrected chi connectivity index (χ3v) is 1.84. The van der Waals surface area contributed by atoms with Crippen LogP contribution in [0, 0.1) is 0 Å². The van der Waals surface area contributed by atoms with Crippen LogP contribution in [0.25, 0.3) is 0 Å². The first-order valence-electron chi connectivity index (χ1n) is 3.94. The second-order valence-corrected chi connectivity index (χ2v) is 3.53. The summed E-state index contributed by atoms with van der Waals surface area (Å²) in [4.78, 5) is 0. The van der Waals surface area contributed by atoms with Crippen LogP contribution in [0.1, 0.15) is 19.7 Å². The SMILES string of the molecule is CC(C)(N)c1nnc2n1CCO2. The Hall–Kier alpha value is -1.10. The fourth-order valence-electron chi connectivity index (χ4n) is 1.30. The summed E-state index contributed by atoms with van der Waals surface area (Å²) >= 11 is 0. The second-order valence-electron chi connectivity index (χ2n) is 3.53. The summed E-state index contributed by atoms with van der Waals surface area (Å²) in [6.07, 6.45) is 0. The number of fused-ring (bicyclic) bond motifs is 1. The zero-order valence-electron chi connectivity index (χ0n) is 7.24. The van der Waals surface area contributed by atoms with Gasteiger partial charge in [-0.3, -0.25) is 4.57 Å². The molecule has 2 heterocycles. The summed E-state index contributed by atoms with van der Waals surface area (Å²) in [5.41, 5.74) is 5.45. The minimum atomic E-state index is -0.445. The van der Waals surface area contributed by atoms with E-state index >= 15 is 0 Å². The summed E-state index contributed by atoms with van der Waals surface area (Å²) in [6, 6.07) is 0.587. The van der Waals surface area contributed by atoms with Crippen LogP contribution >= 0.6 is 0 Å². The van der Waals surface area contributed by atoms with E-state index in [0.29, 0.717) is 12.6 Å². The van der Waals surface area contributed by atoms with E-state index in [-0.39, 0.29) is 0 Å². The fourth-order valence-corrected chi connectivity index (χ4v) is 1.30. The standard InChI is InChI=1S/C7H12N4O/c1-7(2,8)5-9-10-6-11(5)3-4-12-6/h3-4,8H2,1-2H3. The average Bonchev–Trinajstić information content (AvgIpc) is 2.37. The number of nitrogens with two attached hydrogens (primary N) is 1. The number of ether oxygens (including phenoxy) is 1. The van der Waals surface area contributed by atoms with E-state index in [2.05, 4.69) is 10.2 Å². The number of nitrogens with zero attached hydrogens (tertiary/aromatic N) is 3. The maximum absolute atomic E-state index is 5.90. The van der Waals surface area contributed by atoms with Crippen molar-refractivity contribution in [1.29, 1.82) is 0 Å². The molecule has 0 saturated heterocycles. The maximum atomic E-state index is 5.90. The molecule has 0 radical (unpaired) electrons. The van der Waals surface area contributed by atoms with Crippen LogP contribution in [0.5, 0.6) is 6.01 Å². The highest BCUT2D eigenvalue weighted by Crippen LogP contribution is 2.22. The zero-order valence-corrected chi connectivity index (χ0v) is 7.24. The van der Waals surface area contributed by atoms with Gasteiger partial charge >= 0.3 is 6.01 Å².